The number of nitrogens with two attached hydrogens (primary N) is 1. The molecule has 1 rings (SSSR count). The molecule has 1 aliphatic carbocycles. The number of nitrogens with zero attached hydrogens (tertiary/aromatic N) is 1. The zero-order valence-electron chi connectivity index (χ0n) is 8.75. The van der Waals surface area contributed by atoms with Crippen LogP contribution in [-0.2, 0) is 4.79 Å². The minimum Gasteiger partial charge on any atom is -0.393 e. The van der Waals surface area contributed by atoms with Crippen LogP contribution in [0.2, 0.25) is 0 Å². The van der Waals surface area contributed by atoms with Crippen LogP contribution in [0.5, 0.6) is 0 Å². The molecular weight excluding hydrogens is 241 g/mol. The number of carbonyl (C=O) groups excluding carboxylic acids is 1. The first-order valence-electron chi connectivity index (χ1n) is 4.89. The first-order chi connectivity index (χ1) is 7.22. The minimum absolute atomic E-state index is 0.0715. The molecule has 0 aliphatic heterocycles. The molecule has 0 aromatic heterocycles. The second kappa shape index (κ2) is 4.57. The van der Waals surface area contributed by atoms with Gasteiger partial charge < -0.3 is 10.6 Å². The third kappa shape index (κ3) is 3.62. The molecule has 16 heavy (non-hydrogen) atoms. The summed E-state index contributed by atoms with van der Waals surface area (Å²) >= 11 is 4.61. The number of thiocarbonyl (C=S) groups is 1. The lowest BCUT2D eigenvalue weighted by Crippen LogP contribution is -2.45. The van der Waals surface area contributed by atoms with Crippen LogP contribution in [0.25, 0.3) is 0 Å². The maximum Gasteiger partial charge on any atom is 0.406 e. The van der Waals surface area contributed by atoms with Crippen LogP contribution < -0.4 is 5.73 Å². The van der Waals surface area contributed by atoms with Gasteiger partial charge in [0, 0.05) is 6.04 Å². The highest BCUT2D eigenvalue weighted by Gasteiger charge is 2.42. The van der Waals surface area contributed by atoms with Crippen LogP contribution in [0.1, 0.15) is 19.8 Å². The third-order valence-electron chi connectivity index (χ3n) is 2.42. The zero-order chi connectivity index (χ0) is 12.5. The largest absolute Gasteiger partial charge is 0.406 e. The van der Waals surface area contributed by atoms with Gasteiger partial charge in [-0.3, -0.25) is 4.79 Å². The van der Waals surface area contributed by atoms with Gasteiger partial charge in [0.15, 0.2) is 0 Å². The molecule has 1 fully saturated rings. The number of hydrogen-bond acceptors (Lipinski definition) is 2. The average molecular weight is 254 g/mol. The molecule has 1 amide bonds. The topological polar surface area (TPSA) is 46.3 Å². The number of alkyl halides is 3. The summed E-state index contributed by atoms with van der Waals surface area (Å²) in [5, 5.41) is 0. The fourth-order valence-corrected chi connectivity index (χ4v) is 1.44. The molecule has 3 nitrogen and oxygen atoms in total. The Morgan fingerprint density at radius 1 is 1.56 bits per heavy atom. The van der Waals surface area contributed by atoms with E-state index in [1.807, 2.05) is 0 Å². The number of amides is 1. The molecule has 0 heterocycles. The van der Waals surface area contributed by atoms with Crippen molar-refractivity contribution in [1.29, 1.82) is 0 Å². The Morgan fingerprint density at radius 3 is 2.38 bits per heavy atom. The molecule has 1 unspecified atom stereocenters. The molecule has 2 N–H and O–H groups in total. The van der Waals surface area contributed by atoms with Crippen molar-refractivity contribution in [1.82, 2.24) is 4.90 Å². The number of rotatable bonds is 4. The van der Waals surface area contributed by atoms with Crippen molar-refractivity contribution >= 4 is 23.1 Å². The molecule has 0 aromatic carbocycles. The zero-order valence-corrected chi connectivity index (χ0v) is 9.57. The SMILES string of the molecule is CC(C(=O)N(CC(F)(F)F)C1CC1)C(N)=S. The van der Waals surface area contributed by atoms with Gasteiger partial charge in [-0.25, -0.2) is 0 Å². The molecule has 1 aliphatic rings. The Morgan fingerprint density at radius 2 is 2.06 bits per heavy atom. The minimum atomic E-state index is -4.38. The summed E-state index contributed by atoms with van der Waals surface area (Å²) in [7, 11) is 0. The third-order valence-corrected chi connectivity index (χ3v) is 2.77. The summed E-state index contributed by atoms with van der Waals surface area (Å²) in [6.07, 6.45) is -3.15. The second-order valence-corrected chi connectivity index (χ2v) is 4.41. The van der Waals surface area contributed by atoms with Gasteiger partial charge in [0.25, 0.3) is 0 Å². The van der Waals surface area contributed by atoms with Gasteiger partial charge >= 0.3 is 6.18 Å². The highest BCUT2D eigenvalue weighted by molar-refractivity contribution is 7.80. The number of hydrogen-bond donors (Lipinski definition) is 1. The van der Waals surface area contributed by atoms with Crippen molar-refractivity contribution < 1.29 is 18.0 Å². The molecule has 0 radical (unpaired) electrons. The molecule has 0 bridgehead atoms. The van der Waals surface area contributed by atoms with Crippen LogP contribution in [0, 0.1) is 5.92 Å². The Bertz CT molecular complexity index is 302. The lowest BCUT2D eigenvalue weighted by molar-refractivity contribution is -0.163. The van der Waals surface area contributed by atoms with E-state index in [0.29, 0.717) is 12.8 Å². The highest BCUT2D eigenvalue weighted by Crippen LogP contribution is 2.31. The first kappa shape index (κ1) is 13.2. The molecule has 0 saturated heterocycles. The predicted octanol–water partition coefficient (Wildman–Crippen LogP) is 1.46. The van der Waals surface area contributed by atoms with Gasteiger partial charge in [0.05, 0.1) is 10.9 Å². The van der Waals surface area contributed by atoms with Crippen molar-refractivity contribution in [2.45, 2.75) is 32.0 Å². The fraction of sp³-hybridized carbons (Fsp3) is 0.778. The van der Waals surface area contributed by atoms with E-state index in [1.165, 1.54) is 6.92 Å². The predicted molar refractivity (Wildman–Crippen MR) is 56.7 cm³/mol. The summed E-state index contributed by atoms with van der Waals surface area (Å²) in [5.41, 5.74) is 5.26. The summed E-state index contributed by atoms with van der Waals surface area (Å²) in [6, 6.07) is -0.300. The summed E-state index contributed by atoms with van der Waals surface area (Å²) in [6.45, 7) is 0.208. The van der Waals surface area contributed by atoms with E-state index >= 15 is 0 Å². The van der Waals surface area contributed by atoms with E-state index in [4.69, 9.17) is 5.73 Å². The number of carbonyl (C=O) groups is 1. The Balaban J connectivity index is 2.70. The van der Waals surface area contributed by atoms with E-state index in [0.717, 1.165) is 4.90 Å². The van der Waals surface area contributed by atoms with Gasteiger partial charge in [-0.1, -0.05) is 12.2 Å². The summed E-state index contributed by atoms with van der Waals surface area (Å²) in [5.74, 6) is -1.47. The lowest BCUT2D eigenvalue weighted by Gasteiger charge is -2.26. The van der Waals surface area contributed by atoms with E-state index in [-0.39, 0.29) is 11.0 Å². The lowest BCUT2D eigenvalue weighted by atomic mass is 10.1. The second-order valence-electron chi connectivity index (χ2n) is 3.94. The van der Waals surface area contributed by atoms with Crippen molar-refractivity contribution in [3.8, 4) is 0 Å². The van der Waals surface area contributed by atoms with E-state index in [1.54, 1.807) is 0 Å². The van der Waals surface area contributed by atoms with E-state index in [9.17, 15) is 18.0 Å². The monoisotopic (exact) mass is 254 g/mol. The molecule has 0 spiro atoms. The van der Waals surface area contributed by atoms with Crippen LogP contribution in [0.4, 0.5) is 13.2 Å². The average Bonchev–Trinajstić information content (AvgIpc) is 2.93. The van der Waals surface area contributed by atoms with Crippen molar-refractivity contribution in [3.05, 3.63) is 0 Å². The van der Waals surface area contributed by atoms with Gasteiger partial charge in [-0.15, -0.1) is 0 Å². The van der Waals surface area contributed by atoms with Gasteiger partial charge in [-0.2, -0.15) is 13.2 Å². The Labute approximate surface area is 96.8 Å². The van der Waals surface area contributed by atoms with Crippen molar-refractivity contribution in [3.63, 3.8) is 0 Å². The van der Waals surface area contributed by atoms with E-state index in [2.05, 4.69) is 12.2 Å². The van der Waals surface area contributed by atoms with Crippen molar-refractivity contribution in [2.24, 2.45) is 11.7 Å². The molecule has 1 saturated carbocycles. The van der Waals surface area contributed by atoms with Gasteiger partial charge in [0.2, 0.25) is 5.91 Å². The highest BCUT2D eigenvalue weighted by atomic mass is 32.1. The maximum atomic E-state index is 12.3. The number of halogens is 3. The standard InChI is InChI=1S/C9H13F3N2OS/c1-5(7(13)16)8(15)14(6-2-3-6)4-9(10,11)12/h5-6H,2-4H2,1H3,(H2,13,16). The quantitative estimate of drug-likeness (QED) is 0.773. The van der Waals surface area contributed by atoms with Crippen LogP contribution in [0.15, 0.2) is 0 Å². The molecular formula is C9H13F3N2OS. The molecule has 0 aromatic rings. The van der Waals surface area contributed by atoms with Crippen LogP contribution in [-0.4, -0.2) is 34.6 Å². The first-order valence-corrected chi connectivity index (χ1v) is 5.29. The van der Waals surface area contributed by atoms with Crippen LogP contribution in [0.3, 0.4) is 0 Å². The summed E-state index contributed by atoms with van der Waals surface area (Å²) in [4.78, 5) is 12.5. The van der Waals surface area contributed by atoms with Crippen LogP contribution >= 0.6 is 12.2 Å². The maximum absolute atomic E-state index is 12.3. The summed E-state index contributed by atoms with van der Waals surface area (Å²) < 4.78 is 36.8. The Kier molecular flexibility index (Phi) is 3.77. The molecule has 92 valence electrons. The van der Waals surface area contributed by atoms with Gasteiger partial charge in [-0.05, 0) is 19.8 Å². The molecule has 7 heteroatoms. The molecule has 1 atom stereocenters. The van der Waals surface area contributed by atoms with E-state index < -0.39 is 24.5 Å². The fourth-order valence-electron chi connectivity index (χ4n) is 1.34. The smallest absolute Gasteiger partial charge is 0.393 e. The van der Waals surface area contributed by atoms with Crippen molar-refractivity contribution in [2.75, 3.05) is 6.54 Å². The normalized spacial score (nSPS) is 18.0. The van der Waals surface area contributed by atoms with Gasteiger partial charge in [0.1, 0.15) is 6.54 Å². The Hall–Kier alpha value is -0.850.